The van der Waals surface area contributed by atoms with Gasteiger partial charge in [0, 0.05) is 22.8 Å². The number of fused-ring (bicyclic) bond motifs is 1. The SMILES string of the molecule is CCOC(=O)c1c(NC(=O)/C(C#N)=C\c2ccc(Sc3ccccc3NC(C)=O)c([N+](=O)[O-])c2)sc2c1CCCC2. The molecule has 0 atom stereocenters. The molecule has 0 bridgehead atoms. The van der Waals surface area contributed by atoms with Crippen LogP contribution in [0.15, 0.2) is 57.8 Å². The fourth-order valence-electron chi connectivity index (χ4n) is 4.38. The molecule has 0 saturated carbocycles. The number of carbonyl (C=O) groups excluding carboxylic acids is 3. The Morgan fingerprint density at radius 2 is 1.90 bits per heavy atom. The standard InChI is InChI=1S/C29H26N4O6S2/c1-3-39-29(36)26-20-8-4-6-10-23(20)41-28(26)32-27(35)19(16-30)14-18-12-13-25(22(15-18)33(37)38)40-24-11-7-5-9-21(24)31-17(2)34/h5,7,9,11-15H,3-4,6,8,10H2,1-2H3,(H,31,34)(H,32,35)/b19-14-. The number of nitrogens with one attached hydrogen (secondary N) is 2. The van der Waals surface area contributed by atoms with E-state index in [2.05, 4.69) is 10.6 Å². The third kappa shape index (κ3) is 7.00. The van der Waals surface area contributed by atoms with Crippen LogP contribution < -0.4 is 10.6 Å². The highest BCUT2D eigenvalue weighted by atomic mass is 32.2. The fourth-order valence-corrected chi connectivity index (χ4v) is 6.64. The summed E-state index contributed by atoms with van der Waals surface area (Å²) in [4.78, 5) is 50.7. The lowest BCUT2D eigenvalue weighted by Gasteiger charge is -2.12. The van der Waals surface area contributed by atoms with Crippen LogP contribution in [0.25, 0.3) is 6.08 Å². The summed E-state index contributed by atoms with van der Waals surface area (Å²) in [6.45, 7) is 3.26. The third-order valence-electron chi connectivity index (χ3n) is 6.15. The zero-order valence-corrected chi connectivity index (χ0v) is 23.9. The Morgan fingerprint density at radius 3 is 2.61 bits per heavy atom. The van der Waals surface area contributed by atoms with Crippen LogP contribution in [0.3, 0.4) is 0 Å². The van der Waals surface area contributed by atoms with Crippen LogP contribution in [0.5, 0.6) is 0 Å². The number of rotatable bonds is 9. The molecule has 0 saturated heterocycles. The monoisotopic (exact) mass is 590 g/mol. The number of esters is 1. The molecule has 1 heterocycles. The lowest BCUT2D eigenvalue weighted by atomic mass is 9.95. The lowest BCUT2D eigenvalue weighted by molar-refractivity contribution is -0.387. The van der Waals surface area contributed by atoms with Gasteiger partial charge < -0.3 is 15.4 Å². The van der Waals surface area contributed by atoms with E-state index in [0.29, 0.717) is 32.5 Å². The highest BCUT2D eigenvalue weighted by Crippen LogP contribution is 2.40. The minimum absolute atomic E-state index is 0.187. The number of hydrogen-bond donors (Lipinski definition) is 2. The van der Waals surface area contributed by atoms with Gasteiger partial charge in [-0.05, 0) is 68.0 Å². The Bertz CT molecular complexity index is 1600. The quantitative estimate of drug-likeness (QED) is 0.0959. The van der Waals surface area contributed by atoms with E-state index in [4.69, 9.17) is 4.74 Å². The number of anilines is 2. The number of ether oxygens (including phenoxy) is 1. The van der Waals surface area contributed by atoms with Crippen molar-refractivity contribution < 1.29 is 24.0 Å². The molecule has 210 valence electrons. The first-order chi connectivity index (χ1) is 19.7. The molecule has 0 aliphatic heterocycles. The number of nitrogens with zero attached hydrogens (tertiary/aromatic N) is 2. The highest BCUT2D eigenvalue weighted by molar-refractivity contribution is 7.99. The van der Waals surface area contributed by atoms with Gasteiger partial charge in [0.1, 0.15) is 16.6 Å². The molecule has 2 N–H and O–H groups in total. The summed E-state index contributed by atoms with van der Waals surface area (Å²) in [7, 11) is 0. The van der Waals surface area contributed by atoms with Gasteiger partial charge in [0.2, 0.25) is 5.91 Å². The van der Waals surface area contributed by atoms with Crippen LogP contribution in [-0.4, -0.2) is 29.3 Å². The van der Waals surface area contributed by atoms with E-state index in [1.54, 1.807) is 37.3 Å². The molecule has 0 radical (unpaired) electrons. The maximum atomic E-state index is 13.1. The van der Waals surface area contributed by atoms with Crippen LogP contribution in [0, 0.1) is 21.4 Å². The van der Waals surface area contributed by atoms with Gasteiger partial charge in [-0.15, -0.1) is 11.3 Å². The molecule has 3 aromatic rings. The summed E-state index contributed by atoms with van der Waals surface area (Å²) in [6.07, 6.45) is 4.68. The Balaban J connectivity index is 1.62. The van der Waals surface area contributed by atoms with E-state index in [1.165, 1.54) is 36.5 Å². The van der Waals surface area contributed by atoms with Crippen LogP contribution in [0.1, 0.15) is 53.1 Å². The second kappa shape index (κ2) is 13.3. The van der Waals surface area contributed by atoms with E-state index in [9.17, 15) is 29.8 Å². The minimum atomic E-state index is -0.734. The third-order valence-corrected chi connectivity index (χ3v) is 8.50. The smallest absolute Gasteiger partial charge is 0.341 e. The number of hydrogen-bond acceptors (Lipinski definition) is 9. The van der Waals surface area contributed by atoms with Crippen LogP contribution in [0.2, 0.25) is 0 Å². The summed E-state index contributed by atoms with van der Waals surface area (Å²) < 4.78 is 5.22. The van der Waals surface area contributed by atoms with Crippen LogP contribution in [-0.2, 0) is 27.2 Å². The average molecular weight is 591 g/mol. The van der Waals surface area contributed by atoms with Crippen molar-refractivity contribution in [1.82, 2.24) is 0 Å². The van der Waals surface area contributed by atoms with Crippen molar-refractivity contribution in [3.8, 4) is 6.07 Å². The summed E-state index contributed by atoms with van der Waals surface area (Å²) in [6, 6.07) is 13.2. The molecule has 2 aromatic carbocycles. The van der Waals surface area contributed by atoms with E-state index >= 15 is 0 Å². The summed E-state index contributed by atoms with van der Waals surface area (Å²) in [5, 5.41) is 27.4. The van der Waals surface area contributed by atoms with Gasteiger partial charge in [-0.2, -0.15) is 5.26 Å². The normalized spacial score (nSPS) is 12.6. The summed E-state index contributed by atoms with van der Waals surface area (Å²) >= 11 is 2.41. The second-order valence-electron chi connectivity index (χ2n) is 9.02. The molecule has 1 aliphatic rings. The summed E-state index contributed by atoms with van der Waals surface area (Å²) in [5.41, 5.74) is 1.49. The Morgan fingerprint density at radius 1 is 1.15 bits per heavy atom. The number of amides is 2. The molecule has 0 spiro atoms. The van der Waals surface area contributed by atoms with Crippen molar-refractivity contribution in [3.63, 3.8) is 0 Å². The molecule has 1 aromatic heterocycles. The molecular formula is C29H26N4O6S2. The van der Waals surface area contributed by atoms with Crippen LogP contribution >= 0.6 is 23.1 Å². The average Bonchev–Trinajstić information content (AvgIpc) is 3.30. The number of aryl methyl sites for hydroxylation is 1. The minimum Gasteiger partial charge on any atom is -0.462 e. The molecule has 0 unspecified atom stereocenters. The number of benzene rings is 2. The van der Waals surface area contributed by atoms with E-state index < -0.39 is 16.8 Å². The van der Waals surface area contributed by atoms with Gasteiger partial charge in [-0.3, -0.25) is 19.7 Å². The molecule has 12 heteroatoms. The predicted octanol–water partition coefficient (Wildman–Crippen LogP) is 6.37. The van der Waals surface area contributed by atoms with Crippen molar-refractivity contribution in [2.45, 2.75) is 49.3 Å². The van der Waals surface area contributed by atoms with Gasteiger partial charge in [0.25, 0.3) is 11.6 Å². The first-order valence-electron chi connectivity index (χ1n) is 12.8. The number of para-hydroxylation sites is 1. The van der Waals surface area contributed by atoms with Gasteiger partial charge in [-0.25, -0.2) is 4.79 Å². The Hall–Kier alpha value is -4.47. The molecule has 0 fully saturated rings. The molecular weight excluding hydrogens is 564 g/mol. The maximum absolute atomic E-state index is 13.1. The number of nitro benzene ring substituents is 1. The van der Waals surface area contributed by atoms with Crippen LogP contribution in [0.4, 0.5) is 16.4 Å². The Labute approximate surface area is 244 Å². The summed E-state index contributed by atoms with van der Waals surface area (Å²) in [5.74, 6) is -1.53. The molecule has 10 nitrogen and oxygen atoms in total. The van der Waals surface area contributed by atoms with Crippen molar-refractivity contribution >= 4 is 63.3 Å². The second-order valence-corrected chi connectivity index (χ2v) is 11.2. The first kappa shape index (κ1) is 29.5. The van der Waals surface area contributed by atoms with E-state index in [0.717, 1.165) is 41.5 Å². The molecule has 41 heavy (non-hydrogen) atoms. The topological polar surface area (TPSA) is 151 Å². The number of nitriles is 1. The molecule has 2 amide bonds. The van der Waals surface area contributed by atoms with Gasteiger partial charge in [-0.1, -0.05) is 30.0 Å². The predicted molar refractivity (Wildman–Crippen MR) is 157 cm³/mol. The maximum Gasteiger partial charge on any atom is 0.341 e. The zero-order chi connectivity index (χ0) is 29.5. The van der Waals surface area contributed by atoms with Gasteiger partial charge in [0.15, 0.2) is 0 Å². The Kier molecular flexibility index (Phi) is 9.54. The number of nitro groups is 1. The van der Waals surface area contributed by atoms with Crippen molar-refractivity contribution in [2.24, 2.45) is 0 Å². The van der Waals surface area contributed by atoms with Crippen molar-refractivity contribution in [3.05, 3.63) is 79.7 Å². The molecule has 1 aliphatic carbocycles. The van der Waals surface area contributed by atoms with Gasteiger partial charge >= 0.3 is 5.97 Å². The highest BCUT2D eigenvalue weighted by Gasteiger charge is 2.28. The van der Waals surface area contributed by atoms with Gasteiger partial charge in [0.05, 0.1) is 27.7 Å². The van der Waals surface area contributed by atoms with E-state index in [-0.39, 0.29) is 29.3 Å². The van der Waals surface area contributed by atoms with Crippen molar-refractivity contribution in [2.75, 3.05) is 17.2 Å². The first-order valence-corrected chi connectivity index (χ1v) is 14.4. The fraction of sp³-hybridized carbons (Fsp3) is 0.241. The molecule has 4 rings (SSSR count). The van der Waals surface area contributed by atoms with Crippen molar-refractivity contribution in [1.29, 1.82) is 5.26 Å². The lowest BCUT2D eigenvalue weighted by Crippen LogP contribution is -2.16. The number of carbonyl (C=O) groups is 3. The number of thiophene rings is 1. The van der Waals surface area contributed by atoms with E-state index in [1.807, 2.05) is 6.07 Å². The zero-order valence-electron chi connectivity index (χ0n) is 22.3. The largest absolute Gasteiger partial charge is 0.462 e.